The highest BCUT2D eigenvalue weighted by atomic mass is 32.2. The molecule has 1 saturated heterocycles. The van der Waals surface area contributed by atoms with Gasteiger partial charge >= 0.3 is 6.03 Å². The second-order valence-corrected chi connectivity index (χ2v) is 8.16. The lowest BCUT2D eigenvalue weighted by molar-refractivity contribution is 0.251. The van der Waals surface area contributed by atoms with E-state index in [2.05, 4.69) is 10.6 Å². The Morgan fingerprint density at radius 3 is 2.30 bits per heavy atom. The molecule has 6 nitrogen and oxygen atoms in total. The molecule has 0 saturated carbocycles. The molecular formula is C16H25N3O3S. The molecular weight excluding hydrogens is 314 g/mol. The van der Waals surface area contributed by atoms with Crippen LogP contribution in [0, 0.1) is 5.92 Å². The number of urea groups is 1. The van der Waals surface area contributed by atoms with Crippen LogP contribution in [0.5, 0.6) is 0 Å². The minimum atomic E-state index is -3.42. The Hall–Kier alpha value is -1.60. The number of carbonyl (C=O) groups excluding carboxylic acids is 1. The number of piperidine rings is 1. The van der Waals surface area contributed by atoms with Crippen LogP contribution in [0.1, 0.15) is 33.1 Å². The van der Waals surface area contributed by atoms with Crippen LogP contribution in [-0.4, -0.2) is 38.4 Å². The minimum absolute atomic E-state index is 0.271. The van der Waals surface area contributed by atoms with Crippen molar-refractivity contribution in [3.05, 3.63) is 24.3 Å². The molecule has 0 atom stereocenters. The molecule has 0 radical (unpaired) electrons. The van der Waals surface area contributed by atoms with Gasteiger partial charge in [-0.15, -0.1) is 0 Å². The Kier molecular flexibility index (Phi) is 6.01. The summed E-state index contributed by atoms with van der Waals surface area (Å²) in [6.07, 6.45) is 2.91. The fourth-order valence-corrected chi connectivity index (χ4v) is 3.95. The van der Waals surface area contributed by atoms with Gasteiger partial charge in [0.2, 0.25) is 10.0 Å². The average molecular weight is 339 g/mol. The second kappa shape index (κ2) is 7.79. The van der Waals surface area contributed by atoms with Gasteiger partial charge in [0.05, 0.1) is 4.90 Å². The maximum Gasteiger partial charge on any atom is 0.319 e. The van der Waals surface area contributed by atoms with Crippen molar-refractivity contribution in [2.75, 3.05) is 25.0 Å². The van der Waals surface area contributed by atoms with Crippen molar-refractivity contribution in [2.24, 2.45) is 5.92 Å². The van der Waals surface area contributed by atoms with E-state index in [1.54, 1.807) is 24.3 Å². The molecule has 0 aromatic heterocycles. The Morgan fingerprint density at radius 1 is 1.13 bits per heavy atom. The number of carbonyl (C=O) groups is 1. The molecule has 23 heavy (non-hydrogen) atoms. The van der Waals surface area contributed by atoms with Crippen molar-refractivity contribution >= 4 is 21.7 Å². The number of hydrogen-bond acceptors (Lipinski definition) is 3. The van der Waals surface area contributed by atoms with Gasteiger partial charge in [-0.3, -0.25) is 0 Å². The highest BCUT2D eigenvalue weighted by Crippen LogP contribution is 2.21. The largest absolute Gasteiger partial charge is 0.338 e. The summed E-state index contributed by atoms with van der Waals surface area (Å²) in [6, 6.07) is 6.03. The van der Waals surface area contributed by atoms with E-state index in [0.717, 1.165) is 19.3 Å². The van der Waals surface area contributed by atoms with E-state index in [4.69, 9.17) is 0 Å². The zero-order valence-electron chi connectivity index (χ0n) is 13.7. The first-order chi connectivity index (χ1) is 10.9. The number of amides is 2. The van der Waals surface area contributed by atoms with Crippen molar-refractivity contribution in [3.63, 3.8) is 0 Å². The number of benzene rings is 1. The average Bonchev–Trinajstić information content (AvgIpc) is 2.54. The fraction of sp³-hybridized carbons (Fsp3) is 0.562. The molecule has 2 N–H and O–H groups in total. The first-order valence-corrected chi connectivity index (χ1v) is 9.48. The van der Waals surface area contributed by atoms with E-state index in [-0.39, 0.29) is 10.9 Å². The molecule has 1 aliphatic heterocycles. The van der Waals surface area contributed by atoms with Gasteiger partial charge < -0.3 is 10.6 Å². The molecule has 1 heterocycles. The van der Waals surface area contributed by atoms with E-state index in [1.165, 1.54) is 4.31 Å². The van der Waals surface area contributed by atoms with Crippen molar-refractivity contribution in [3.8, 4) is 0 Å². The molecule has 7 heteroatoms. The van der Waals surface area contributed by atoms with Gasteiger partial charge in [-0.2, -0.15) is 4.31 Å². The topological polar surface area (TPSA) is 78.5 Å². The monoisotopic (exact) mass is 339 g/mol. The van der Waals surface area contributed by atoms with Crippen molar-refractivity contribution < 1.29 is 13.2 Å². The molecule has 1 fully saturated rings. The van der Waals surface area contributed by atoms with Gasteiger partial charge in [0, 0.05) is 25.3 Å². The molecule has 1 aromatic rings. The Labute approximate surface area is 138 Å². The van der Waals surface area contributed by atoms with E-state index in [9.17, 15) is 13.2 Å². The van der Waals surface area contributed by atoms with Gasteiger partial charge in [0.1, 0.15) is 0 Å². The first-order valence-electron chi connectivity index (χ1n) is 8.04. The molecule has 1 aliphatic rings. The molecule has 2 rings (SSSR count). The summed E-state index contributed by atoms with van der Waals surface area (Å²) >= 11 is 0. The fourth-order valence-electron chi connectivity index (χ4n) is 2.44. The van der Waals surface area contributed by atoms with Crippen LogP contribution in [0.3, 0.4) is 0 Å². The Bertz CT molecular complexity index is 620. The minimum Gasteiger partial charge on any atom is -0.338 e. The highest BCUT2D eigenvalue weighted by molar-refractivity contribution is 7.89. The lowest BCUT2D eigenvalue weighted by Gasteiger charge is -2.25. The molecule has 2 amide bonds. The number of rotatable bonds is 5. The third kappa shape index (κ3) is 4.94. The third-order valence-corrected chi connectivity index (χ3v) is 5.65. The van der Waals surface area contributed by atoms with E-state index < -0.39 is 10.0 Å². The summed E-state index contributed by atoms with van der Waals surface area (Å²) in [5.41, 5.74) is 0.573. The molecule has 0 bridgehead atoms. The smallest absolute Gasteiger partial charge is 0.319 e. The summed E-state index contributed by atoms with van der Waals surface area (Å²) in [5, 5.41) is 5.45. The maximum atomic E-state index is 12.5. The van der Waals surface area contributed by atoms with Crippen LogP contribution < -0.4 is 10.6 Å². The lowest BCUT2D eigenvalue weighted by Crippen LogP contribution is -2.35. The summed E-state index contributed by atoms with van der Waals surface area (Å²) < 4.78 is 26.6. The Balaban J connectivity index is 2.00. The van der Waals surface area contributed by atoms with E-state index >= 15 is 0 Å². The normalized spacial score (nSPS) is 16.3. The van der Waals surface area contributed by atoms with E-state index in [0.29, 0.717) is 31.2 Å². The SMILES string of the molecule is CC(C)CNC(=O)Nc1ccc(S(=O)(=O)N2CCCCC2)cc1. The third-order valence-electron chi connectivity index (χ3n) is 3.74. The van der Waals surface area contributed by atoms with Crippen LogP contribution in [0.15, 0.2) is 29.2 Å². The lowest BCUT2D eigenvalue weighted by atomic mass is 10.2. The zero-order valence-corrected chi connectivity index (χ0v) is 14.5. The Morgan fingerprint density at radius 2 is 1.74 bits per heavy atom. The predicted molar refractivity (Wildman–Crippen MR) is 90.9 cm³/mol. The maximum absolute atomic E-state index is 12.5. The number of nitrogens with one attached hydrogen (secondary N) is 2. The molecule has 0 spiro atoms. The number of nitrogens with zero attached hydrogens (tertiary/aromatic N) is 1. The molecule has 128 valence electrons. The van der Waals surface area contributed by atoms with Crippen molar-refractivity contribution in [1.82, 2.24) is 9.62 Å². The summed E-state index contributed by atoms with van der Waals surface area (Å²) in [7, 11) is -3.42. The summed E-state index contributed by atoms with van der Waals surface area (Å²) in [5.74, 6) is 0.373. The quantitative estimate of drug-likeness (QED) is 0.865. The standard InChI is InChI=1S/C16H25N3O3S/c1-13(2)12-17-16(20)18-14-6-8-15(9-7-14)23(21,22)19-10-4-3-5-11-19/h6-9,13H,3-5,10-12H2,1-2H3,(H2,17,18,20). The van der Waals surface area contributed by atoms with Crippen LogP contribution in [-0.2, 0) is 10.0 Å². The molecule has 0 aliphatic carbocycles. The summed E-state index contributed by atoms with van der Waals surface area (Å²) in [4.78, 5) is 12.0. The number of anilines is 1. The van der Waals surface area contributed by atoms with Gasteiger partial charge in [0.15, 0.2) is 0 Å². The first kappa shape index (κ1) is 17.7. The van der Waals surface area contributed by atoms with Crippen molar-refractivity contribution in [2.45, 2.75) is 38.0 Å². The van der Waals surface area contributed by atoms with Gasteiger partial charge in [-0.25, -0.2) is 13.2 Å². The number of sulfonamides is 1. The number of hydrogen-bond donors (Lipinski definition) is 2. The summed E-state index contributed by atoms with van der Waals surface area (Å²) in [6.45, 7) is 5.79. The molecule has 0 unspecified atom stereocenters. The highest BCUT2D eigenvalue weighted by Gasteiger charge is 2.25. The van der Waals surface area contributed by atoms with Gasteiger partial charge in [0.25, 0.3) is 0 Å². The van der Waals surface area contributed by atoms with Crippen LogP contribution in [0.2, 0.25) is 0 Å². The van der Waals surface area contributed by atoms with E-state index in [1.807, 2.05) is 13.8 Å². The predicted octanol–water partition coefficient (Wildman–Crippen LogP) is 2.64. The van der Waals surface area contributed by atoms with Crippen LogP contribution >= 0.6 is 0 Å². The van der Waals surface area contributed by atoms with Crippen molar-refractivity contribution in [1.29, 1.82) is 0 Å². The van der Waals surface area contributed by atoms with Crippen LogP contribution in [0.4, 0.5) is 10.5 Å². The molecule has 1 aromatic carbocycles. The van der Waals surface area contributed by atoms with Crippen LogP contribution in [0.25, 0.3) is 0 Å². The zero-order chi connectivity index (χ0) is 16.9. The van der Waals surface area contributed by atoms with Gasteiger partial charge in [-0.1, -0.05) is 20.3 Å². The second-order valence-electron chi connectivity index (χ2n) is 6.22. The van der Waals surface area contributed by atoms with Gasteiger partial charge in [-0.05, 0) is 43.0 Å².